The fourth-order valence-electron chi connectivity index (χ4n) is 4.01. The van der Waals surface area contributed by atoms with Crippen molar-refractivity contribution in [2.45, 2.75) is 83.0 Å². The van der Waals surface area contributed by atoms with Gasteiger partial charge in [0.25, 0.3) is 0 Å². The quantitative estimate of drug-likeness (QED) is 0.323. The van der Waals surface area contributed by atoms with Crippen molar-refractivity contribution in [3.63, 3.8) is 0 Å². The SMILES string of the molecule is CC(C)(C)OC(=O)N[C@@H](Cc1cc(F)cc(F)c1)[C@H](O)CNC1(c2cccc(C#C[Si](C)(C)C)c2)CC1. The van der Waals surface area contributed by atoms with Gasteiger partial charge in [-0.1, -0.05) is 37.7 Å². The minimum absolute atomic E-state index is 0.0333. The molecule has 0 aliphatic heterocycles. The molecule has 8 heteroatoms. The Morgan fingerprint density at radius 3 is 2.35 bits per heavy atom. The third-order valence-corrected chi connectivity index (χ3v) is 6.82. The summed E-state index contributed by atoms with van der Waals surface area (Å²) in [5.74, 6) is 1.87. The number of ether oxygens (including phenoxy) is 1. The molecule has 0 heterocycles. The summed E-state index contributed by atoms with van der Waals surface area (Å²) in [7, 11) is -1.50. The Balaban J connectivity index is 1.74. The first kappa shape index (κ1) is 28.8. The first-order chi connectivity index (χ1) is 17.1. The van der Waals surface area contributed by atoms with Crippen molar-refractivity contribution in [1.29, 1.82) is 0 Å². The lowest BCUT2D eigenvalue weighted by atomic mass is 9.99. The normalized spacial score (nSPS) is 16.2. The van der Waals surface area contributed by atoms with E-state index in [2.05, 4.69) is 53.9 Å². The van der Waals surface area contributed by atoms with Gasteiger partial charge in [0.05, 0.1) is 12.1 Å². The van der Waals surface area contributed by atoms with E-state index in [0.717, 1.165) is 30.0 Å². The third-order valence-electron chi connectivity index (χ3n) is 5.94. The minimum atomic E-state index is -1.50. The Kier molecular flexibility index (Phi) is 8.84. The molecule has 1 amide bonds. The number of carbonyl (C=O) groups excluding carboxylic acids is 1. The van der Waals surface area contributed by atoms with E-state index in [1.807, 2.05) is 12.1 Å². The molecule has 3 N–H and O–H groups in total. The van der Waals surface area contributed by atoms with E-state index in [-0.39, 0.29) is 18.5 Å². The molecule has 2 atom stereocenters. The van der Waals surface area contributed by atoms with Crippen LogP contribution in [0, 0.1) is 23.1 Å². The van der Waals surface area contributed by atoms with Crippen LogP contribution in [-0.4, -0.2) is 43.6 Å². The van der Waals surface area contributed by atoms with Crippen molar-refractivity contribution in [2.24, 2.45) is 0 Å². The molecule has 200 valence electrons. The highest BCUT2D eigenvalue weighted by molar-refractivity contribution is 6.83. The molecule has 0 spiro atoms. The standard InChI is InChI=1S/C29H38F2N2O3Si/c1-28(2,3)36-27(35)33-25(17-21-15-23(30)18-24(31)16-21)26(34)19-32-29(11-12-29)22-9-7-8-20(14-22)10-13-37(4,5)6/h7-9,14-16,18,25-26,32,34H,11-12,17,19H2,1-6H3,(H,33,35)/t25-,26+/m0/s1. The summed E-state index contributed by atoms with van der Waals surface area (Å²) >= 11 is 0. The van der Waals surface area contributed by atoms with Crippen LogP contribution in [0.3, 0.4) is 0 Å². The van der Waals surface area contributed by atoms with Gasteiger partial charge in [-0.2, -0.15) is 0 Å². The predicted molar refractivity (Wildman–Crippen MR) is 145 cm³/mol. The van der Waals surface area contributed by atoms with Gasteiger partial charge in [0, 0.05) is 23.7 Å². The van der Waals surface area contributed by atoms with Crippen molar-refractivity contribution >= 4 is 14.2 Å². The Labute approximate surface area is 220 Å². The number of halogens is 2. The van der Waals surface area contributed by atoms with Crippen molar-refractivity contribution in [3.05, 3.63) is 70.8 Å². The molecule has 37 heavy (non-hydrogen) atoms. The van der Waals surface area contributed by atoms with Crippen LogP contribution < -0.4 is 10.6 Å². The van der Waals surface area contributed by atoms with E-state index in [4.69, 9.17) is 4.74 Å². The number of aliphatic hydroxyl groups is 1. The van der Waals surface area contributed by atoms with Gasteiger partial charge in [0.2, 0.25) is 0 Å². The molecule has 0 radical (unpaired) electrons. The Morgan fingerprint density at radius 2 is 1.78 bits per heavy atom. The largest absolute Gasteiger partial charge is 0.444 e. The van der Waals surface area contributed by atoms with Gasteiger partial charge in [-0.15, -0.1) is 5.54 Å². The topological polar surface area (TPSA) is 70.6 Å². The molecule has 1 aliphatic rings. The Hall–Kier alpha value is -2.73. The smallest absolute Gasteiger partial charge is 0.407 e. The monoisotopic (exact) mass is 528 g/mol. The maximum absolute atomic E-state index is 13.8. The number of hydrogen-bond donors (Lipinski definition) is 3. The molecule has 1 saturated carbocycles. The first-order valence-corrected chi connectivity index (χ1v) is 16.2. The number of nitrogens with one attached hydrogen (secondary N) is 2. The summed E-state index contributed by atoms with van der Waals surface area (Å²) in [5.41, 5.74) is 4.77. The molecule has 1 fully saturated rings. The number of hydrogen-bond acceptors (Lipinski definition) is 4. The van der Waals surface area contributed by atoms with Gasteiger partial charge < -0.3 is 20.5 Å². The molecule has 1 aliphatic carbocycles. The van der Waals surface area contributed by atoms with Gasteiger partial charge >= 0.3 is 6.09 Å². The highest BCUT2D eigenvalue weighted by Crippen LogP contribution is 2.45. The predicted octanol–water partition coefficient (Wildman–Crippen LogP) is 5.27. The van der Waals surface area contributed by atoms with E-state index in [9.17, 15) is 18.7 Å². The molecular weight excluding hydrogens is 490 g/mol. The number of carbonyl (C=O) groups is 1. The third kappa shape index (κ3) is 9.26. The van der Waals surface area contributed by atoms with Crippen LogP contribution in [0.25, 0.3) is 0 Å². The second kappa shape index (κ2) is 11.3. The molecule has 3 rings (SSSR count). The zero-order valence-electron chi connectivity index (χ0n) is 22.5. The van der Waals surface area contributed by atoms with Crippen LogP contribution >= 0.6 is 0 Å². The molecule has 2 aromatic carbocycles. The number of benzene rings is 2. The Morgan fingerprint density at radius 1 is 1.14 bits per heavy atom. The van der Waals surface area contributed by atoms with Gasteiger partial charge in [-0.25, -0.2) is 13.6 Å². The van der Waals surface area contributed by atoms with Crippen LogP contribution in [0.1, 0.15) is 50.3 Å². The van der Waals surface area contributed by atoms with E-state index >= 15 is 0 Å². The maximum atomic E-state index is 13.8. The van der Waals surface area contributed by atoms with Gasteiger partial charge in [-0.05, 0) is 75.4 Å². The van der Waals surface area contributed by atoms with Crippen LogP contribution in [0.15, 0.2) is 42.5 Å². The highest BCUT2D eigenvalue weighted by Gasteiger charge is 2.44. The summed E-state index contributed by atoms with van der Waals surface area (Å²) in [6, 6.07) is 10.5. The second-order valence-corrected chi connectivity index (χ2v) is 16.6. The van der Waals surface area contributed by atoms with Crippen molar-refractivity contribution in [3.8, 4) is 11.5 Å². The van der Waals surface area contributed by atoms with Gasteiger partial charge in [-0.3, -0.25) is 0 Å². The zero-order valence-corrected chi connectivity index (χ0v) is 23.5. The van der Waals surface area contributed by atoms with Crippen LogP contribution in [0.5, 0.6) is 0 Å². The lowest BCUT2D eigenvalue weighted by Gasteiger charge is -2.28. The average Bonchev–Trinajstić information content (AvgIpc) is 3.55. The summed E-state index contributed by atoms with van der Waals surface area (Å²) in [4.78, 5) is 12.5. The first-order valence-electron chi connectivity index (χ1n) is 12.7. The summed E-state index contributed by atoms with van der Waals surface area (Å²) in [6.45, 7) is 12.0. The van der Waals surface area contributed by atoms with Gasteiger partial charge in [0.1, 0.15) is 25.3 Å². The number of rotatable bonds is 8. The molecule has 0 saturated heterocycles. The molecule has 0 bridgehead atoms. The van der Waals surface area contributed by atoms with Crippen molar-refractivity contribution in [2.75, 3.05) is 6.54 Å². The highest BCUT2D eigenvalue weighted by atomic mass is 28.3. The lowest BCUT2D eigenvalue weighted by molar-refractivity contribution is 0.0419. The van der Waals surface area contributed by atoms with E-state index < -0.39 is 43.5 Å². The number of amides is 1. The number of alkyl carbamates (subject to hydrolysis) is 1. The fourth-order valence-corrected chi connectivity index (χ4v) is 4.53. The van der Waals surface area contributed by atoms with Crippen molar-refractivity contribution in [1.82, 2.24) is 10.6 Å². The summed E-state index contributed by atoms with van der Waals surface area (Å²) in [6.07, 6.45) is 0.105. The second-order valence-electron chi connectivity index (χ2n) is 11.8. The molecular formula is C29H38F2N2O3Si. The summed E-state index contributed by atoms with van der Waals surface area (Å²) < 4.78 is 32.9. The van der Waals surface area contributed by atoms with E-state index in [1.165, 1.54) is 12.1 Å². The molecule has 0 unspecified atom stereocenters. The molecule has 5 nitrogen and oxygen atoms in total. The van der Waals surface area contributed by atoms with Crippen molar-refractivity contribution < 1.29 is 23.4 Å². The lowest BCUT2D eigenvalue weighted by Crippen LogP contribution is -2.51. The molecule has 2 aromatic rings. The molecule has 0 aromatic heterocycles. The zero-order chi connectivity index (χ0) is 27.4. The minimum Gasteiger partial charge on any atom is -0.444 e. The van der Waals surface area contributed by atoms with Crippen LogP contribution in [0.4, 0.5) is 13.6 Å². The fraction of sp³-hybridized carbons (Fsp3) is 0.483. The summed E-state index contributed by atoms with van der Waals surface area (Å²) in [5, 5.41) is 17.2. The number of aliphatic hydroxyl groups excluding tert-OH is 1. The maximum Gasteiger partial charge on any atom is 0.407 e. The average molecular weight is 529 g/mol. The van der Waals surface area contributed by atoms with E-state index in [1.54, 1.807) is 20.8 Å². The van der Waals surface area contributed by atoms with Crippen LogP contribution in [0.2, 0.25) is 19.6 Å². The van der Waals surface area contributed by atoms with Gasteiger partial charge in [0.15, 0.2) is 0 Å². The van der Waals surface area contributed by atoms with Crippen LogP contribution in [-0.2, 0) is 16.7 Å². The van der Waals surface area contributed by atoms with E-state index in [0.29, 0.717) is 5.56 Å². The Bertz CT molecular complexity index is 1150.